The van der Waals surface area contributed by atoms with Gasteiger partial charge < -0.3 is 5.11 Å². The molecule has 0 radical (unpaired) electrons. The van der Waals surface area contributed by atoms with Gasteiger partial charge in [-0.3, -0.25) is 0 Å². The fourth-order valence-electron chi connectivity index (χ4n) is 1.36. The molecule has 5 heteroatoms. The van der Waals surface area contributed by atoms with Crippen LogP contribution in [0.15, 0.2) is 41.8 Å². The van der Waals surface area contributed by atoms with Crippen molar-refractivity contribution in [3.8, 4) is 0 Å². The van der Waals surface area contributed by atoms with E-state index < -0.39 is 15.8 Å². The van der Waals surface area contributed by atoms with Crippen molar-refractivity contribution >= 4 is 15.8 Å². The highest BCUT2D eigenvalue weighted by molar-refractivity contribution is 7.91. The van der Waals surface area contributed by atoms with Crippen LogP contribution in [0.25, 0.3) is 0 Å². The van der Waals surface area contributed by atoms with Gasteiger partial charge in [0.15, 0.2) is 9.84 Å². The number of aromatic carboxylic acids is 1. The molecule has 17 heavy (non-hydrogen) atoms. The topological polar surface area (TPSA) is 71.4 Å². The number of carboxylic acid groups (broad SMARTS) is 1. The van der Waals surface area contributed by atoms with Gasteiger partial charge in [-0.1, -0.05) is 12.1 Å². The molecular formula is C12H14O4S. The first-order chi connectivity index (χ1) is 7.97. The predicted octanol–water partition coefficient (Wildman–Crippen LogP) is 2.12. The summed E-state index contributed by atoms with van der Waals surface area (Å²) in [5.74, 6) is -1.13. The Kier molecular flexibility index (Phi) is 4.45. The molecule has 92 valence electrons. The van der Waals surface area contributed by atoms with Crippen LogP contribution in [-0.2, 0) is 9.84 Å². The van der Waals surface area contributed by atoms with Crippen molar-refractivity contribution in [3.63, 3.8) is 0 Å². The smallest absolute Gasteiger partial charge is 0.335 e. The van der Waals surface area contributed by atoms with Crippen LogP contribution in [-0.4, -0.2) is 25.2 Å². The van der Waals surface area contributed by atoms with E-state index >= 15 is 0 Å². The van der Waals surface area contributed by atoms with Gasteiger partial charge in [-0.2, -0.15) is 0 Å². The maximum absolute atomic E-state index is 11.9. The molecule has 0 aromatic heterocycles. The number of hydrogen-bond acceptors (Lipinski definition) is 3. The summed E-state index contributed by atoms with van der Waals surface area (Å²) in [6, 6.07) is 5.40. The molecule has 0 amide bonds. The molecule has 0 atom stereocenters. The summed E-state index contributed by atoms with van der Waals surface area (Å²) in [5, 5.41) is 8.78. The Morgan fingerprint density at radius 3 is 2.71 bits per heavy atom. The van der Waals surface area contributed by atoms with Gasteiger partial charge in [0.25, 0.3) is 0 Å². The van der Waals surface area contributed by atoms with Gasteiger partial charge in [0, 0.05) is 0 Å². The van der Waals surface area contributed by atoms with E-state index in [1.54, 1.807) is 6.08 Å². The molecule has 1 N–H and O–H groups in total. The van der Waals surface area contributed by atoms with Crippen LogP contribution in [0.4, 0.5) is 0 Å². The fraction of sp³-hybridized carbons (Fsp3) is 0.250. The number of hydrogen-bond donors (Lipinski definition) is 1. The van der Waals surface area contributed by atoms with Crippen molar-refractivity contribution in [1.82, 2.24) is 0 Å². The summed E-state index contributed by atoms with van der Waals surface area (Å²) in [6.07, 6.45) is 2.77. The minimum Gasteiger partial charge on any atom is -0.478 e. The van der Waals surface area contributed by atoms with Crippen LogP contribution in [0, 0.1) is 0 Å². The average Bonchev–Trinajstić information content (AvgIpc) is 2.29. The summed E-state index contributed by atoms with van der Waals surface area (Å²) in [6.45, 7) is 3.52. The lowest BCUT2D eigenvalue weighted by Crippen LogP contribution is -2.08. The summed E-state index contributed by atoms with van der Waals surface area (Å²) in [7, 11) is -3.40. The molecule has 0 fully saturated rings. The quantitative estimate of drug-likeness (QED) is 0.623. The van der Waals surface area contributed by atoms with Gasteiger partial charge in [0.1, 0.15) is 0 Å². The first-order valence-electron chi connectivity index (χ1n) is 5.14. The lowest BCUT2D eigenvalue weighted by molar-refractivity contribution is 0.0696. The van der Waals surface area contributed by atoms with E-state index in [9.17, 15) is 13.2 Å². The summed E-state index contributed by atoms with van der Waals surface area (Å²) >= 11 is 0. The zero-order valence-electron chi connectivity index (χ0n) is 9.30. The van der Waals surface area contributed by atoms with E-state index in [-0.39, 0.29) is 16.2 Å². The second kappa shape index (κ2) is 5.63. The van der Waals surface area contributed by atoms with Crippen molar-refractivity contribution < 1.29 is 18.3 Å². The fourth-order valence-corrected chi connectivity index (χ4v) is 2.73. The molecule has 1 rings (SSSR count). The number of unbranched alkanes of at least 4 members (excludes halogenated alkanes) is 1. The van der Waals surface area contributed by atoms with Crippen molar-refractivity contribution in [1.29, 1.82) is 0 Å². The van der Waals surface area contributed by atoms with Gasteiger partial charge in [-0.15, -0.1) is 6.58 Å². The van der Waals surface area contributed by atoms with Crippen LogP contribution >= 0.6 is 0 Å². The lowest BCUT2D eigenvalue weighted by atomic mass is 10.2. The molecule has 0 saturated carbocycles. The van der Waals surface area contributed by atoms with E-state index in [2.05, 4.69) is 6.58 Å². The largest absolute Gasteiger partial charge is 0.478 e. The number of rotatable bonds is 6. The molecule has 0 unspecified atom stereocenters. The number of carbonyl (C=O) groups is 1. The predicted molar refractivity (Wildman–Crippen MR) is 64.9 cm³/mol. The van der Waals surface area contributed by atoms with Crippen LogP contribution in [0.5, 0.6) is 0 Å². The molecule has 1 aromatic carbocycles. The number of carboxylic acids is 1. The molecule has 0 spiro atoms. The second-order valence-corrected chi connectivity index (χ2v) is 5.69. The van der Waals surface area contributed by atoms with Crippen molar-refractivity contribution in [2.45, 2.75) is 17.7 Å². The maximum atomic E-state index is 11.9. The van der Waals surface area contributed by atoms with Gasteiger partial charge in [0.05, 0.1) is 16.2 Å². The number of benzene rings is 1. The lowest BCUT2D eigenvalue weighted by Gasteiger charge is -2.04. The number of allylic oxidation sites excluding steroid dienone is 1. The Bertz CT molecular complexity index is 517. The Balaban J connectivity index is 2.94. The molecular weight excluding hydrogens is 240 g/mol. The van der Waals surface area contributed by atoms with Gasteiger partial charge in [-0.05, 0) is 31.0 Å². The third-order valence-electron chi connectivity index (χ3n) is 2.26. The monoisotopic (exact) mass is 254 g/mol. The first kappa shape index (κ1) is 13.4. The molecule has 0 aliphatic heterocycles. The zero-order chi connectivity index (χ0) is 12.9. The normalized spacial score (nSPS) is 11.1. The Labute approximate surface area is 101 Å². The molecule has 0 aliphatic rings. The Morgan fingerprint density at radius 1 is 1.41 bits per heavy atom. The second-order valence-electron chi connectivity index (χ2n) is 3.58. The summed E-state index contributed by atoms with van der Waals surface area (Å²) in [4.78, 5) is 10.8. The molecule has 0 saturated heterocycles. The van der Waals surface area contributed by atoms with Crippen molar-refractivity contribution in [2.24, 2.45) is 0 Å². The van der Waals surface area contributed by atoms with Gasteiger partial charge in [-0.25, -0.2) is 13.2 Å². The zero-order valence-corrected chi connectivity index (χ0v) is 10.1. The molecule has 0 heterocycles. The highest BCUT2D eigenvalue weighted by Crippen LogP contribution is 2.14. The molecule has 1 aromatic rings. The molecule has 4 nitrogen and oxygen atoms in total. The third kappa shape index (κ3) is 3.71. The molecule has 0 aliphatic carbocycles. The van der Waals surface area contributed by atoms with E-state index in [4.69, 9.17) is 5.11 Å². The number of sulfone groups is 1. The highest BCUT2D eigenvalue weighted by atomic mass is 32.2. The van der Waals surface area contributed by atoms with Gasteiger partial charge >= 0.3 is 5.97 Å². The van der Waals surface area contributed by atoms with Crippen LogP contribution in [0.2, 0.25) is 0 Å². The highest BCUT2D eigenvalue weighted by Gasteiger charge is 2.15. The van der Waals surface area contributed by atoms with E-state index in [0.717, 1.165) is 0 Å². The summed E-state index contributed by atoms with van der Waals surface area (Å²) < 4.78 is 23.7. The maximum Gasteiger partial charge on any atom is 0.335 e. The minimum atomic E-state index is -3.40. The van der Waals surface area contributed by atoms with Crippen LogP contribution < -0.4 is 0 Å². The first-order valence-corrected chi connectivity index (χ1v) is 6.79. The Hall–Kier alpha value is -1.62. The van der Waals surface area contributed by atoms with Crippen molar-refractivity contribution in [3.05, 3.63) is 42.5 Å². The van der Waals surface area contributed by atoms with Gasteiger partial charge in [0.2, 0.25) is 0 Å². The SMILES string of the molecule is C=CCCCS(=O)(=O)c1cccc(C(=O)O)c1. The average molecular weight is 254 g/mol. The van der Waals surface area contributed by atoms with E-state index in [0.29, 0.717) is 12.8 Å². The standard InChI is InChI=1S/C12H14O4S/c1-2-3-4-8-17(15,16)11-7-5-6-10(9-11)12(13)14/h2,5-7,9H,1,3-4,8H2,(H,13,14). The van der Waals surface area contributed by atoms with E-state index in [1.807, 2.05) is 0 Å². The minimum absolute atomic E-state index is 0.00208. The Morgan fingerprint density at radius 2 is 2.12 bits per heavy atom. The van der Waals surface area contributed by atoms with Crippen molar-refractivity contribution in [2.75, 3.05) is 5.75 Å². The van der Waals surface area contributed by atoms with Crippen LogP contribution in [0.1, 0.15) is 23.2 Å². The summed E-state index contributed by atoms with van der Waals surface area (Å²) in [5.41, 5.74) is -0.0187. The van der Waals surface area contributed by atoms with Crippen LogP contribution in [0.3, 0.4) is 0 Å². The molecule has 0 bridgehead atoms. The third-order valence-corrected chi connectivity index (χ3v) is 4.06. The van der Waals surface area contributed by atoms with E-state index in [1.165, 1.54) is 24.3 Å².